The zero-order valence-electron chi connectivity index (χ0n) is 18.9. The van der Waals surface area contributed by atoms with Crippen molar-refractivity contribution in [1.82, 2.24) is 9.78 Å². The molecule has 0 N–H and O–H groups in total. The van der Waals surface area contributed by atoms with E-state index in [1.807, 2.05) is 0 Å². The molecule has 182 valence electrons. The SMILES string of the molecule is [2H]c1nn(-c2ccc(F)c(F)c2)c(=O)c(OCCC(C)C(F)(F)F)c1-c1ccc(S(C)(=O)=O)cc1. The number of halogens is 5. The molecule has 2 aromatic carbocycles. The van der Waals surface area contributed by atoms with E-state index in [2.05, 4.69) is 5.10 Å². The molecule has 0 saturated carbocycles. The van der Waals surface area contributed by atoms with Crippen molar-refractivity contribution < 1.29 is 36.5 Å². The summed E-state index contributed by atoms with van der Waals surface area (Å²) in [5.41, 5.74) is -1.33. The van der Waals surface area contributed by atoms with E-state index in [-0.39, 0.29) is 21.7 Å². The lowest BCUT2D eigenvalue weighted by Gasteiger charge is -2.17. The summed E-state index contributed by atoms with van der Waals surface area (Å²) >= 11 is 0. The minimum absolute atomic E-state index is 0.0441. The van der Waals surface area contributed by atoms with Crippen LogP contribution in [0.1, 0.15) is 14.7 Å². The monoisotopic (exact) mass is 503 g/mol. The molecule has 1 unspecified atom stereocenters. The van der Waals surface area contributed by atoms with E-state index in [1.54, 1.807) is 0 Å². The maximum atomic E-state index is 13.7. The van der Waals surface area contributed by atoms with Gasteiger partial charge in [0, 0.05) is 17.9 Å². The highest BCUT2D eigenvalue weighted by atomic mass is 32.2. The molecule has 0 spiro atoms. The van der Waals surface area contributed by atoms with Gasteiger partial charge in [-0.3, -0.25) is 4.79 Å². The van der Waals surface area contributed by atoms with Crippen molar-refractivity contribution in [2.75, 3.05) is 12.9 Å². The Labute approximate surface area is 192 Å². The molecule has 34 heavy (non-hydrogen) atoms. The van der Waals surface area contributed by atoms with Gasteiger partial charge >= 0.3 is 11.7 Å². The first-order valence-electron chi connectivity index (χ1n) is 10.3. The normalized spacial score (nSPS) is 13.4. The van der Waals surface area contributed by atoms with Gasteiger partial charge in [-0.25, -0.2) is 17.2 Å². The minimum Gasteiger partial charge on any atom is -0.487 e. The van der Waals surface area contributed by atoms with Crippen molar-refractivity contribution >= 4 is 9.84 Å². The van der Waals surface area contributed by atoms with Gasteiger partial charge in [-0.1, -0.05) is 19.1 Å². The number of alkyl halides is 3. The van der Waals surface area contributed by atoms with Gasteiger partial charge in [-0.05, 0) is 36.2 Å². The van der Waals surface area contributed by atoms with Crippen molar-refractivity contribution in [1.29, 1.82) is 0 Å². The smallest absolute Gasteiger partial charge is 0.391 e. The van der Waals surface area contributed by atoms with Crippen LogP contribution in [0.4, 0.5) is 22.0 Å². The molecule has 0 aliphatic rings. The van der Waals surface area contributed by atoms with Crippen LogP contribution in [-0.2, 0) is 9.84 Å². The molecule has 1 heterocycles. The molecule has 1 atom stereocenters. The van der Waals surface area contributed by atoms with Gasteiger partial charge in [0.1, 0.15) is 0 Å². The van der Waals surface area contributed by atoms with Crippen LogP contribution in [0.5, 0.6) is 5.75 Å². The number of hydrogen-bond donors (Lipinski definition) is 0. The highest BCUT2D eigenvalue weighted by Gasteiger charge is 2.35. The largest absolute Gasteiger partial charge is 0.487 e. The number of ether oxygens (including phenoxy) is 1. The predicted octanol–water partition coefficient (Wildman–Crippen LogP) is 4.55. The van der Waals surface area contributed by atoms with Crippen LogP contribution >= 0.6 is 0 Å². The Morgan fingerprint density at radius 1 is 1.12 bits per heavy atom. The van der Waals surface area contributed by atoms with Crippen LogP contribution in [0.3, 0.4) is 0 Å². The summed E-state index contributed by atoms with van der Waals surface area (Å²) in [4.78, 5) is 13.1. The number of benzene rings is 2. The Morgan fingerprint density at radius 3 is 2.32 bits per heavy atom. The van der Waals surface area contributed by atoms with Gasteiger partial charge in [-0.2, -0.15) is 23.0 Å². The number of nitrogens with zero attached hydrogens (tertiary/aromatic N) is 2. The standard InChI is InChI=1S/C22H19F5N2O4S/c1-13(22(25,26)27)9-10-33-20-17(14-3-6-16(7-4-14)34(2,31)32)12-28-29(21(20)30)15-5-8-18(23)19(24)11-15/h3-8,11-13H,9-10H2,1-2H3/i12D. The Balaban J connectivity index is 2.13. The van der Waals surface area contributed by atoms with Gasteiger partial charge in [0.05, 0.1) is 30.7 Å². The number of sulfone groups is 1. The van der Waals surface area contributed by atoms with E-state index in [1.165, 1.54) is 24.3 Å². The van der Waals surface area contributed by atoms with Crippen LogP contribution in [0.15, 0.2) is 58.3 Å². The van der Waals surface area contributed by atoms with Crippen molar-refractivity contribution in [3.05, 3.63) is 70.6 Å². The Kier molecular flexibility index (Phi) is 6.69. The van der Waals surface area contributed by atoms with Crippen LogP contribution in [0, 0.1) is 17.6 Å². The third-order valence-corrected chi connectivity index (χ3v) is 6.08. The molecular weight excluding hydrogens is 483 g/mol. The number of rotatable bonds is 7. The quantitative estimate of drug-likeness (QED) is 0.442. The second kappa shape index (κ2) is 9.53. The van der Waals surface area contributed by atoms with Crippen LogP contribution in [-0.4, -0.2) is 37.2 Å². The highest BCUT2D eigenvalue weighted by molar-refractivity contribution is 7.90. The van der Waals surface area contributed by atoms with Gasteiger partial charge in [0.15, 0.2) is 27.2 Å². The lowest BCUT2D eigenvalue weighted by Crippen LogP contribution is -2.26. The minimum atomic E-state index is -4.49. The van der Waals surface area contributed by atoms with E-state index < -0.39 is 64.1 Å². The van der Waals surface area contributed by atoms with Crippen molar-refractivity contribution in [2.24, 2.45) is 5.92 Å². The van der Waals surface area contributed by atoms with Gasteiger partial charge in [0.2, 0.25) is 0 Å². The molecule has 3 aromatic rings. The van der Waals surface area contributed by atoms with Crippen LogP contribution in [0.2, 0.25) is 0 Å². The fraction of sp³-hybridized carbons (Fsp3) is 0.273. The first kappa shape index (κ1) is 23.9. The Hall–Kier alpha value is -3.28. The third kappa shape index (κ3) is 5.61. The number of hydrogen-bond acceptors (Lipinski definition) is 5. The van der Waals surface area contributed by atoms with Gasteiger partial charge < -0.3 is 4.74 Å². The van der Waals surface area contributed by atoms with Crippen LogP contribution < -0.4 is 10.3 Å². The molecule has 0 bridgehead atoms. The van der Waals surface area contributed by atoms with E-state index in [0.29, 0.717) is 10.7 Å². The lowest BCUT2D eigenvalue weighted by molar-refractivity contribution is -0.172. The van der Waals surface area contributed by atoms with E-state index in [9.17, 15) is 35.2 Å². The molecule has 12 heteroatoms. The van der Waals surface area contributed by atoms with Crippen molar-refractivity contribution in [3.63, 3.8) is 0 Å². The van der Waals surface area contributed by atoms with Gasteiger partial charge in [-0.15, -0.1) is 0 Å². The second-order valence-corrected chi connectivity index (χ2v) is 9.52. The van der Waals surface area contributed by atoms with E-state index in [0.717, 1.165) is 25.3 Å². The third-order valence-electron chi connectivity index (χ3n) is 4.95. The summed E-state index contributed by atoms with van der Waals surface area (Å²) in [7, 11) is -3.55. The Bertz CT molecular complexity index is 1410. The molecular formula is C22H19F5N2O4S. The fourth-order valence-electron chi connectivity index (χ4n) is 2.89. The maximum absolute atomic E-state index is 13.7. The van der Waals surface area contributed by atoms with Crippen molar-refractivity contribution in [3.8, 4) is 22.6 Å². The molecule has 3 rings (SSSR count). The summed E-state index contributed by atoms with van der Waals surface area (Å²) in [6.07, 6.45) is -4.58. The molecule has 6 nitrogen and oxygen atoms in total. The van der Waals surface area contributed by atoms with E-state index in [4.69, 9.17) is 6.11 Å². The summed E-state index contributed by atoms with van der Waals surface area (Å²) in [5.74, 6) is -4.76. The first-order chi connectivity index (χ1) is 16.2. The molecule has 0 aliphatic carbocycles. The lowest BCUT2D eigenvalue weighted by atomic mass is 10.1. The summed E-state index contributed by atoms with van der Waals surface area (Å²) in [5, 5.41) is 3.81. The topological polar surface area (TPSA) is 78.3 Å². The molecule has 1 aromatic heterocycles. The zero-order chi connectivity index (χ0) is 26.1. The van der Waals surface area contributed by atoms with Crippen LogP contribution in [0.25, 0.3) is 16.8 Å². The average Bonchev–Trinajstić information content (AvgIpc) is 2.76. The summed E-state index contributed by atoms with van der Waals surface area (Å²) in [6, 6.07) is 7.46. The molecule has 0 radical (unpaired) electrons. The molecule has 0 aliphatic heterocycles. The summed E-state index contributed by atoms with van der Waals surface area (Å²) in [6.45, 7) is 0.391. The highest BCUT2D eigenvalue weighted by Crippen LogP contribution is 2.30. The second-order valence-electron chi connectivity index (χ2n) is 7.51. The predicted molar refractivity (Wildman–Crippen MR) is 114 cm³/mol. The Morgan fingerprint density at radius 2 is 1.76 bits per heavy atom. The maximum Gasteiger partial charge on any atom is 0.391 e. The fourth-order valence-corrected chi connectivity index (χ4v) is 3.52. The molecule has 0 saturated heterocycles. The molecule has 0 amide bonds. The van der Waals surface area contributed by atoms with E-state index >= 15 is 0 Å². The number of aromatic nitrogens is 2. The molecule has 0 fully saturated rings. The zero-order valence-corrected chi connectivity index (χ0v) is 18.7. The average molecular weight is 503 g/mol. The van der Waals surface area contributed by atoms with Gasteiger partial charge in [0.25, 0.3) is 0 Å². The first-order valence-corrected chi connectivity index (χ1v) is 11.7. The summed E-state index contributed by atoms with van der Waals surface area (Å²) < 4.78 is 103. The van der Waals surface area contributed by atoms with Crippen molar-refractivity contribution in [2.45, 2.75) is 24.4 Å².